The van der Waals surface area contributed by atoms with Crippen molar-refractivity contribution >= 4 is 5.71 Å². The Kier molecular flexibility index (Phi) is 1.85. The number of halogens is 3. The molecule has 0 aliphatic heterocycles. The van der Waals surface area contributed by atoms with Gasteiger partial charge in [0.1, 0.15) is 0 Å². The standard InChI is InChI=1S/C8H5F3N2O2/c1-4-5(8(9,10)11)2-6-13(7(4)14)12-3-15-6/h2-3H,1H3. The molecule has 0 fully saturated rings. The Morgan fingerprint density at radius 1 is 1.47 bits per heavy atom. The van der Waals surface area contributed by atoms with Gasteiger partial charge in [0, 0.05) is 11.6 Å². The van der Waals surface area contributed by atoms with Crippen molar-refractivity contribution < 1.29 is 17.6 Å². The van der Waals surface area contributed by atoms with Crippen molar-refractivity contribution in [2.75, 3.05) is 0 Å². The van der Waals surface area contributed by atoms with Crippen LogP contribution in [0.15, 0.2) is 21.7 Å². The molecule has 0 unspecified atom stereocenters. The number of nitrogens with zero attached hydrogens (tertiary/aromatic N) is 2. The molecule has 4 nitrogen and oxygen atoms in total. The predicted molar refractivity (Wildman–Crippen MR) is 43.5 cm³/mol. The van der Waals surface area contributed by atoms with Crippen LogP contribution in [0.2, 0.25) is 0 Å². The third-order valence-corrected chi connectivity index (χ3v) is 2.04. The fraction of sp³-hybridized carbons (Fsp3) is 0.250. The lowest BCUT2D eigenvalue weighted by Gasteiger charge is -2.08. The van der Waals surface area contributed by atoms with Crippen molar-refractivity contribution in [2.45, 2.75) is 13.1 Å². The highest BCUT2D eigenvalue weighted by molar-refractivity contribution is 5.41. The number of hydrogen-bond acceptors (Lipinski definition) is 3. The van der Waals surface area contributed by atoms with Gasteiger partial charge in [-0.2, -0.15) is 17.7 Å². The van der Waals surface area contributed by atoms with E-state index in [1.165, 1.54) is 0 Å². The molecular formula is C8H5F3N2O2. The molecule has 80 valence electrons. The van der Waals surface area contributed by atoms with Gasteiger partial charge in [-0.1, -0.05) is 0 Å². The summed E-state index contributed by atoms with van der Waals surface area (Å²) in [6, 6.07) is 0.754. The third-order valence-electron chi connectivity index (χ3n) is 2.04. The Labute approximate surface area is 80.9 Å². The zero-order chi connectivity index (χ0) is 11.2. The molecule has 0 aliphatic rings. The number of alkyl halides is 3. The number of fused-ring (bicyclic) bond motifs is 1. The van der Waals surface area contributed by atoms with E-state index in [-0.39, 0.29) is 5.71 Å². The molecular weight excluding hydrogens is 213 g/mol. The van der Waals surface area contributed by atoms with Crippen LogP contribution >= 0.6 is 0 Å². The highest BCUT2D eigenvalue weighted by Crippen LogP contribution is 2.31. The molecule has 2 aromatic rings. The van der Waals surface area contributed by atoms with Crippen LogP contribution in [0.25, 0.3) is 5.71 Å². The molecule has 0 radical (unpaired) electrons. The van der Waals surface area contributed by atoms with E-state index in [1.54, 1.807) is 0 Å². The van der Waals surface area contributed by atoms with Crippen molar-refractivity contribution in [1.82, 2.24) is 9.61 Å². The molecule has 7 heteroatoms. The number of rotatable bonds is 0. The maximum absolute atomic E-state index is 12.5. The topological polar surface area (TPSA) is 47.5 Å². The Hall–Kier alpha value is -1.79. The van der Waals surface area contributed by atoms with E-state index in [9.17, 15) is 18.0 Å². The first-order valence-electron chi connectivity index (χ1n) is 3.94. The Balaban J connectivity index is 2.88. The highest BCUT2D eigenvalue weighted by Gasteiger charge is 2.34. The minimum atomic E-state index is -4.56. The average Bonchev–Trinajstić information content (AvgIpc) is 2.57. The minimum absolute atomic E-state index is 0.224. The Morgan fingerprint density at radius 2 is 2.13 bits per heavy atom. The molecule has 0 atom stereocenters. The second-order valence-corrected chi connectivity index (χ2v) is 2.97. The lowest BCUT2D eigenvalue weighted by molar-refractivity contribution is -0.138. The summed E-state index contributed by atoms with van der Waals surface area (Å²) < 4.78 is 42.8. The molecule has 0 aromatic carbocycles. The third kappa shape index (κ3) is 1.39. The van der Waals surface area contributed by atoms with Crippen molar-refractivity contribution in [3.8, 4) is 0 Å². The SMILES string of the molecule is Cc1c(C(F)(F)F)cc2ocnn2c1=O. The molecule has 2 heterocycles. The van der Waals surface area contributed by atoms with Crippen LogP contribution in [0.5, 0.6) is 0 Å². The van der Waals surface area contributed by atoms with Gasteiger partial charge in [0.25, 0.3) is 5.56 Å². The number of aromatic nitrogens is 2. The van der Waals surface area contributed by atoms with E-state index in [1.807, 2.05) is 0 Å². The summed E-state index contributed by atoms with van der Waals surface area (Å²) in [7, 11) is 0. The van der Waals surface area contributed by atoms with Crippen LogP contribution in [0.3, 0.4) is 0 Å². The molecule has 0 saturated carbocycles. The molecule has 0 spiro atoms. The summed E-state index contributed by atoms with van der Waals surface area (Å²) in [5.41, 5.74) is -2.44. The smallest absolute Gasteiger partial charge is 0.417 e. The quantitative estimate of drug-likeness (QED) is 0.674. The zero-order valence-electron chi connectivity index (χ0n) is 7.50. The maximum atomic E-state index is 12.5. The van der Waals surface area contributed by atoms with Gasteiger partial charge in [-0.05, 0) is 6.92 Å². The second kappa shape index (κ2) is 2.85. The molecule has 2 aromatic heterocycles. The molecule has 2 rings (SSSR count). The maximum Gasteiger partial charge on any atom is 0.417 e. The molecule has 0 saturated heterocycles. The highest BCUT2D eigenvalue weighted by atomic mass is 19.4. The molecule has 0 aliphatic carbocycles. The van der Waals surface area contributed by atoms with Gasteiger partial charge in [-0.15, -0.1) is 5.10 Å². The first-order chi connectivity index (χ1) is 6.91. The first kappa shape index (κ1) is 9.75. The van der Waals surface area contributed by atoms with Crippen molar-refractivity contribution in [2.24, 2.45) is 0 Å². The van der Waals surface area contributed by atoms with E-state index >= 15 is 0 Å². The summed E-state index contributed by atoms with van der Waals surface area (Å²) in [5, 5.41) is 3.47. The summed E-state index contributed by atoms with van der Waals surface area (Å²) >= 11 is 0. The lowest BCUT2D eigenvalue weighted by Crippen LogP contribution is -2.22. The Morgan fingerprint density at radius 3 is 2.73 bits per heavy atom. The number of hydrogen-bond donors (Lipinski definition) is 0. The largest absolute Gasteiger partial charge is 0.426 e. The van der Waals surface area contributed by atoms with Crippen LogP contribution in [0.4, 0.5) is 13.2 Å². The van der Waals surface area contributed by atoms with Crippen LogP contribution in [-0.4, -0.2) is 9.61 Å². The fourth-order valence-corrected chi connectivity index (χ4v) is 1.28. The minimum Gasteiger partial charge on any atom is -0.426 e. The van der Waals surface area contributed by atoms with Gasteiger partial charge in [-0.25, -0.2) is 0 Å². The normalized spacial score (nSPS) is 12.3. The van der Waals surface area contributed by atoms with Gasteiger partial charge in [0.2, 0.25) is 12.1 Å². The monoisotopic (exact) mass is 218 g/mol. The van der Waals surface area contributed by atoms with Gasteiger partial charge in [0.05, 0.1) is 5.56 Å². The lowest BCUT2D eigenvalue weighted by atomic mass is 10.1. The van der Waals surface area contributed by atoms with E-state index in [0.29, 0.717) is 0 Å². The Bertz CT molecular complexity index is 567. The van der Waals surface area contributed by atoms with Crippen molar-refractivity contribution in [1.29, 1.82) is 0 Å². The average molecular weight is 218 g/mol. The first-order valence-corrected chi connectivity index (χ1v) is 3.94. The fourth-order valence-electron chi connectivity index (χ4n) is 1.28. The summed E-state index contributed by atoms with van der Waals surface area (Å²) in [6.07, 6.45) is -3.65. The van der Waals surface area contributed by atoms with E-state index in [2.05, 4.69) is 9.52 Å². The van der Waals surface area contributed by atoms with Gasteiger partial charge >= 0.3 is 6.18 Å². The number of pyridine rings is 1. The second-order valence-electron chi connectivity index (χ2n) is 2.97. The van der Waals surface area contributed by atoms with Gasteiger partial charge in [0.15, 0.2) is 0 Å². The van der Waals surface area contributed by atoms with Crippen LogP contribution in [0, 0.1) is 6.92 Å². The van der Waals surface area contributed by atoms with Crippen LogP contribution in [0.1, 0.15) is 11.1 Å². The van der Waals surface area contributed by atoms with Gasteiger partial charge in [-0.3, -0.25) is 4.79 Å². The molecule has 0 N–H and O–H groups in total. The molecule has 15 heavy (non-hydrogen) atoms. The summed E-state index contributed by atoms with van der Waals surface area (Å²) in [5.74, 6) is 0. The van der Waals surface area contributed by atoms with Crippen molar-refractivity contribution in [3.63, 3.8) is 0 Å². The summed E-state index contributed by atoms with van der Waals surface area (Å²) in [4.78, 5) is 11.4. The van der Waals surface area contributed by atoms with Crippen LogP contribution in [-0.2, 0) is 6.18 Å². The zero-order valence-corrected chi connectivity index (χ0v) is 7.50. The van der Waals surface area contributed by atoms with E-state index in [4.69, 9.17) is 0 Å². The summed E-state index contributed by atoms with van der Waals surface area (Å²) in [6.45, 7) is 1.10. The van der Waals surface area contributed by atoms with Gasteiger partial charge < -0.3 is 4.42 Å². The van der Waals surface area contributed by atoms with E-state index in [0.717, 1.165) is 23.9 Å². The molecule has 0 amide bonds. The van der Waals surface area contributed by atoms with E-state index < -0.39 is 22.9 Å². The molecule has 0 bridgehead atoms. The predicted octanol–water partition coefficient (Wildman–Crippen LogP) is 1.61. The van der Waals surface area contributed by atoms with Crippen LogP contribution < -0.4 is 5.56 Å². The van der Waals surface area contributed by atoms with Crippen molar-refractivity contribution in [3.05, 3.63) is 33.9 Å².